The predicted octanol–water partition coefficient (Wildman–Crippen LogP) is 4.42. The van der Waals surface area contributed by atoms with Gasteiger partial charge in [-0.2, -0.15) is 0 Å². The molecule has 0 amide bonds. The topological polar surface area (TPSA) is 81.4 Å². The van der Waals surface area contributed by atoms with Crippen LogP contribution in [0.25, 0.3) is 11.3 Å². The monoisotopic (exact) mass is 390 g/mol. The van der Waals surface area contributed by atoms with Crippen LogP contribution in [0.2, 0.25) is 0 Å². The van der Waals surface area contributed by atoms with Crippen LogP contribution in [0, 0.1) is 5.82 Å². The van der Waals surface area contributed by atoms with Gasteiger partial charge in [0.2, 0.25) is 0 Å². The molecule has 1 aromatic heterocycles. The first-order valence-corrected chi connectivity index (χ1v) is 9.76. The zero-order valence-corrected chi connectivity index (χ0v) is 15.9. The summed E-state index contributed by atoms with van der Waals surface area (Å²) in [5.41, 5.74) is 1.08. The molecule has 0 saturated carbocycles. The van der Waals surface area contributed by atoms with E-state index in [1.165, 1.54) is 37.6 Å². The molecule has 6 nitrogen and oxygen atoms in total. The number of anilines is 2. The minimum Gasteiger partial charge on any atom is -0.495 e. The van der Waals surface area contributed by atoms with Gasteiger partial charge >= 0.3 is 0 Å². The van der Waals surface area contributed by atoms with Gasteiger partial charge in [0.25, 0.3) is 6.01 Å². The Balaban J connectivity index is 1.92. The summed E-state index contributed by atoms with van der Waals surface area (Å²) >= 11 is 0. The molecule has 0 atom stereocenters. The maximum absolute atomic E-state index is 13.0. The second-order valence-electron chi connectivity index (χ2n) is 6.12. The third-order valence-corrected chi connectivity index (χ3v) is 6.15. The van der Waals surface area contributed by atoms with Gasteiger partial charge in [0.1, 0.15) is 11.6 Å². The molecular weight excluding hydrogens is 371 g/mol. The number of sulfone groups is 1. The van der Waals surface area contributed by atoms with Crippen molar-refractivity contribution >= 4 is 21.5 Å². The van der Waals surface area contributed by atoms with E-state index >= 15 is 0 Å². The third-order valence-electron chi connectivity index (χ3n) is 4.00. The molecule has 0 unspecified atom stereocenters. The highest BCUT2D eigenvalue weighted by Crippen LogP contribution is 2.32. The van der Waals surface area contributed by atoms with Crippen molar-refractivity contribution in [2.45, 2.75) is 24.0 Å². The van der Waals surface area contributed by atoms with E-state index in [2.05, 4.69) is 10.3 Å². The number of nitrogens with zero attached hydrogens (tertiary/aromatic N) is 1. The molecule has 142 valence electrons. The fourth-order valence-electron chi connectivity index (χ4n) is 2.43. The molecular formula is C19H19FN2O4S. The Morgan fingerprint density at radius 2 is 1.85 bits per heavy atom. The average molecular weight is 390 g/mol. The molecule has 0 radical (unpaired) electrons. The number of hydrogen-bond acceptors (Lipinski definition) is 6. The summed E-state index contributed by atoms with van der Waals surface area (Å²) in [5, 5.41) is 2.38. The number of halogens is 1. The van der Waals surface area contributed by atoms with Crippen molar-refractivity contribution < 1.29 is 22.0 Å². The van der Waals surface area contributed by atoms with E-state index in [1.807, 2.05) is 0 Å². The average Bonchev–Trinajstić information content (AvgIpc) is 3.10. The van der Waals surface area contributed by atoms with Crippen LogP contribution >= 0.6 is 0 Å². The van der Waals surface area contributed by atoms with E-state index < -0.39 is 15.1 Å². The maximum atomic E-state index is 13.0. The van der Waals surface area contributed by atoms with Crippen molar-refractivity contribution in [3.8, 4) is 17.1 Å². The van der Waals surface area contributed by atoms with Gasteiger partial charge < -0.3 is 14.5 Å². The quantitative estimate of drug-likeness (QED) is 0.671. The van der Waals surface area contributed by atoms with E-state index in [4.69, 9.17) is 9.15 Å². The smallest absolute Gasteiger partial charge is 0.299 e. The number of aromatic nitrogens is 1. The number of nitrogens with one attached hydrogen (secondary N) is 1. The van der Waals surface area contributed by atoms with E-state index in [1.54, 1.807) is 32.0 Å². The van der Waals surface area contributed by atoms with Crippen molar-refractivity contribution in [1.82, 2.24) is 4.98 Å². The highest BCUT2D eigenvalue weighted by Gasteiger charge is 2.21. The molecule has 1 heterocycles. The van der Waals surface area contributed by atoms with Gasteiger partial charge in [0.05, 0.1) is 29.1 Å². The Hall–Kier alpha value is -2.87. The molecule has 0 aliphatic carbocycles. The van der Waals surface area contributed by atoms with E-state index in [0.717, 1.165) is 0 Å². The van der Waals surface area contributed by atoms with Gasteiger partial charge in [-0.1, -0.05) is 0 Å². The number of ether oxygens (including phenoxy) is 1. The molecule has 27 heavy (non-hydrogen) atoms. The Bertz CT molecular complexity index is 1040. The first-order valence-electron chi connectivity index (χ1n) is 8.22. The molecule has 3 aromatic rings. The van der Waals surface area contributed by atoms with Gasteiger partial charge in [-0.15, -0.1) is 0 Å². The Kier molecular flexibility index (Phi) is 5.18. The summed E-state index contributed by atoms with van der Waals surface area (Å²) in [6, 6.07) is 10.5. The lowest BCUT2D eigenvalue weighted by molar-refractivity contribution is 0.416. The summed E-state index contributed by atoms with van der Waals surface area (Å²) in [7, 11) is -1.96. The van der Waals surface area contributed by atoms with Crippen molar-refractivity contribution in [3.05, 3.63) is 54.5 Å². The SMILES string of the molecule is COc1ccc(S(=O)(=O)C(C)C)cc1Nc1ncc(-c2ccc(F)cc2)o1. The van der Waals surface area contributed by atoms with Crippen LogP contribution in [0.4, 0.5) is 16.1 Å². The van der Waals surface area contributed by atoms with Gasteiger partial charge in [-0.25, -0.2) is 17.8 Å². The lowest BCUT2D eigenvalue weighted by Gasteiger charge is -2.13. The largest absolute Gasteiger partial charge is 0.495 e. The summed E-state index contributed by atoms with van der Waals surface area (Å²) in [4.78, 5) is 4.31. The molecule has 3 rings (SSSR count). The van der Waals surface area contributed by atoms with Crippen molar-refractivity contribution in [2.24, 2.45) is 0 Å². The Morgan fingerprint density at radius 3 is 2.48 bits per heavy atom. The van der Waals surface area contributed by atoms with Crippen LogP contribution < -0.4 is 10.1 Å². The molecule has 0 saturated heterocycles. The van der Waals surface area contributed by atoms with Crippen molar-refractivity contribution in [1.29, 1.82) is 0 Å². The van der Waals surface area contributed by atoms with E-state index in [9.17, 15) is 12.8 Å². The Morgan fingerprint density at radius 1 is 1.15 bits per heavy atom. The second-order valence-corrected chi connectivity index (χ2v) is 8.62. The molecule has 0 aliphatic heterocycles. The zero-order chi connectivity index (χ0) is 19.6. The summed E-state index contributed by atoms with van der Waals surface area (Å²) < 4.78 is 48.8. The van der Waals surface area contributed by atoms with Crippen LogP contribution in [0.1, 0.15) is 13.8 Å². The number of rotatable bonds is 6. The number of hydrogen-bond donors (Lipinski definition) is 1. The second kappa shape index (κ2) is 7.40. The minimum atomic E-state index is -3.44. The van der Waals surface area contributed by atoms with Crippen molar-refractivity contribution in [2.75, 3.05) is 12.4 Å². The van der Waals surface area contributed by atoms with Crippen LogP contribution in [-0.2, 0) is 9.84 Å². The predicted molar refractivity (Wildman–Crippen MR) is 100 cm³/mol. The highest BCUT2D eigenvalue weighted by molar-refractivity contribution is 7.92. The first-order chi connectivity index (χ1) is 12.8. The van der Waals surface area contributed by atoms with Crippen LogP contribution in [0.3, 0.4) is 0 Å². The fourth-order valence-corrected chi connectivity index (χ4v) is 3.51. The van der Waals surface area contributed by atoms with Gasteiger partial charge in [-0.3, -0.25) is 0 Å². The Labute approximate surface area is 156 Å². The van der Waals surface area contributed by atoms with Gasteiger partial charge in [-0.05, 0) is 56.3 Å². The normalized spacial score (nSPS) is 11.6. The third kappa shape index (κ3) is 3.95. The molecule has 0 fully saturated rings. The molecule has 8 heteroatoms. The van der Waals surface area contributed by atoms with Crippen LogP contribution in [0.15, 0.2) is 58.0 Å². The van der Waals surface area contributed by atoms with Gasteiger partial charge in [0, 0.05) is 5.56 Å². The summed E-state index contributed by atoms with van der Waals surface area (Å²) in [6.07, 6.45) is 1.50. The highest BCUT2D eigenvalue weighted by atomic mass is 32.2. The zero-order valence-electron chi connectivity index (χ0n) is 15.1. The molecule has 0 spiro atoms. The lowest BCUT2D eigenvalue weighted by Crippen LogP contribution is -2.14. The van der Waals surface area contributed by atoms with Crippen molar-refractivity contribution in [3.63, 3.8) is 0 Å². The lowest BCUT2D eigenvalue weighted by atomic mass is 10.2. The first kappa shape index (κ1) is 18.9. The number of oxazole rings is 1. The minimum absolute atomic E-state index is 0.159. The van der Waals surface area contributed by atoms with E-state index in [-0.39, 0.29) is 16.7 Å². The molecule has 2 aromatic carbocycles. The molecule has 0 aliphatic rings. The number of benzene rings is 2. The number of methoxy groups -OCH3 is 1. The molecule has 0 bridgehead atoms. The summed E-state index contributed by atoms with van der Waals surface area (Å²) in [5.74, 6) is 0.547. The van der Waals surface area contributed by atoms with Crippen LogP contribution in [0.5, 0.6) is 5.75 Å². The van der Waals surface area contributed by atoms with Gasteiger partial charge in [0.15, 0.2) is 15.6 Å². The van der Waals surface area contributed by atoms with Crippen LogP contribution in [-0.4, -0.2) is 25.8 Å². The standard InChI is InChI=1S/C19H19FN2O4S/c1-12(2)27(23,24)15-8-9-17(25-3)16(10-15)22-19-21-11-18(26-19)13-4-6-14(20)7-5-13/h4-12H,1-3H3,(H,21,22). The molecule has 1 N–H and O–H groups in total. The summed E-state index contributed by atoms with van der Waals surface area (Å²) in [6.45, 7) is 3.24. The van der Waals surface area contributed by atoms with E-state index in [0.29, 0.717) is 22.8 Å². The maximum Gasteiger partial charge on any atom is 0.299 e. The fraction of sp³-hybridized carbons (Fsp3) is 0.211.